The van der Waals surface area contributed by atoms with Crippen molar-refractivity contribution in [1.29, 1.82) is 0 Å². The number of carbonyl (C=O) groups is 2. The second kappa shape index (κ2) is 7.01. The Kier molecular flexibility index (Phi) is 4.79. The quantitative estimate of drug-likeness (QED) is 0.902. The predicted molar refractivity (Wildman–Crippen MR) is 90.7 cm³/mol. The van der Waals surface area contributed by atoms with Gasteiger partial charge in [-0.25, -0.2) is 4.79 Å². The van der Waals surface area contributed by atoms with Crippen LogP contribution >= 0.6 is 0 Å². The zero-order valence-corrected chi connectivity index (χ0v) is 14.3. The third-order valence-corrected chi connectivity index (χ3v) is 4.37. The Morgan fingerprint density at radius 1 is 1.28 bits per heavy atom. The van der Waals surface area contributed by atoms with Crippen LogP contribution in [0.25, 0.3) is 0 Å². The minimum atomic E-state index is -0.976. The lowest BCUT2D eigenvalue weighted by atomic mass is 10.1. The summed E-state index contributed by atoms with van der Waals surface area (Å²) in [6, 6.07) is 8.39. The van der Waals surface area contributed by atoms with Crippen LogP contribution in [0.4, 0.5) is 0 Å². The average molecular weight is 343 g/mol. The van der Waals surface area contributed by atoms with Crippen molar-refractivity contribution in [3.63, 3.8) is 0 Å². The molecule has 3 rings (SSSR count). The maximum Gasteiger partial charge on any atom is 0.326 e. The summed E-state index contributed by atoms with van der Waals surface area (Å²) >= 11 is 0. The van der Waals surface area contributed by atoms with E-state index in [1.165, 1.54) is 4.90 Å². The molecule has 1 fully saturated rings. The van der Waals surface area contributed by atoms with Crippen LogP contribution in [0.15, 0.2) is 34.7 Å². The highest BCUT2D eigenvalue weighted by molar-refractivity contribution is 5.94. The normalized spacial score (nSPS) is 16.9. The van der Waals surface area contributed by atoms with Gasteiger partial charge in [-0.3, -0.25) is 4.79 Å². The third kappa shape index (κ3) is 3.68. The van der Waals surface area contributed by atoms with E-state index in [9.17, 15) is 14.7 Å². The zero-order valence-electron chi connectivity index (χ0n) is 14.3. The Bertz CT molecular complexity index is 795. The zero-order chi connectivity index (χ0) is 18.0. The molecular weight excluding hydrogens is 322 g/mol. The fourth-order valence-electron chi connectivity index (χ4n) is 3.09. The SMILES string of the molecule is Cc1ccc(OCc2ccc(C(=O)N3CCC[C@@H]3C(=O)O)o2)c(C)c1. The number of nitrogens with zero attached hydrogens (tertiary/aromatic N) is 1. The number of carboxylic acid groups (broad SMARTS) is 1. The minimum Gasteiger partial charge on any atom is -0.485 e. The summed E-state index contributed by atoms with van der Waals surface area (Å²) in [4.78, 5) is 25.0. The number of amides is 1. The number of hydrogen-bond donors (Lipinski definition) is 1. The van der Waals surface area contributed by atoms with E-state index in [1.54, 1.807) is 12.1 Å². The molecule has 6 nitrogen and oxygen atoms in total. The van der Waals surface area contributed by atoms with Gasteiger partial charge in [0.05, 0.1) is 0 Å². The minimum absolute atomic E-state index is 0.146. The Balaban J connectivity index is 1.66. The van der Waals surface area contributed by atoms with E-state index in [4.69, 9.17) is 9.15 Å². The van der Waals surface area contributed by atoms with Crippen molar-refractivity contribution >= 4 is 11.9 Å². The number of carboxylic acids is 1. The number of aryl methyl sites for hydroxylation is 2. The van der Waals surface area contributed by atoms with Gasteiger partial charge in [0.25, 0.3) is 5.91 Å². The van der Waals surface area contributed by atoms with E-state index in [0.717, 1.165) is 16.9 Å². The fourth-order valence-corrected chi connectivity index (χ4v) is 3.09. The van der Waals surface area contributed by atoms with Gasteiger partial charge in [0.15, 0.2) is 5.76 Å². The van der Waals surface area contributed by atoms with Crippen molar-refractivity contribution in [3.05, 3.63) is 53.0 Å². The van der Waals surface area contributed by atoms with Crippen LogP contribution in [0.5, 0.6) is 5.75 Å². The van der Waals surface area contributed by atoms with Gasteiger partial charge < -0.3 is 19.2 Å². The van der Waals surface area contributed by atoms with E-state index in [-0.39, 0.29) is 18.3 Å². The molecule has 1 N–H and O–H groups in total. The largest absolute Gasteiger partial charge is 0.485 e. The molecule has 2 heterocycles. The van der Waals surface area contributed by atoms with Crippen LogP contribution in [0, 0.1) is 13.8 Å². The average Bonchev–Trinajstić information content (AvgIpc) is 3.23. The Morgan fingerprint density at radius 3 is 2.80 bits per heavy atom. The molecule has 1 aromatic carbocycles. The van der Waals surface area contributed by atoms with Gasteiger partial charge in [-0.2, -0.15) is 0 Å². The Hall–Kier alpha value is -2.76. The number of carbonyl (C=O) groups excluding carboxylic acids is 1. The number of aliphatic carboxylic acids is 1. The van der Waals surface area contributed by atoms with Crippen LogP contribution in [-0.4, -0.2) is 34.5 Å². The number of ether oxygens (including phenoxy) is 1. The van der Waals surface area contributed by atoms with Gasteiger partial charge in [0.1, 0.15) is 24.2 Å². The molecule has 0 radical (unpaired) electrons. The summed E-state index contributed by atoms with van der Waals surface area (Å²) in [6.45, 7) is 4.63. The fraction of sp³-hybridized carbons (Fsp3) is 0.368. The molecule has 132 valence electrons. The second-order valence-corrected chi connectivity index (χ2v) is 6.32. The van der Waals surface area contributed by atoms with Crippen molar-refractivity contribution in [1.82, 2.24) is 4.90 Å². The van der Waals surface area contributed by atoms with Crippen LogP contribution in [-0.2, 0) is 11.4 Å². The molecule has 0 aliphatic carbocycles. The van der Waals surface area contributed by atoms with Crippen LogP contribution < -0.4 is 4.74 Å². The summed E-state index contributed by atoms with van der Waals surface area (Å²) < 4.78 is 11.3. The second-order valence-electron chi connectivity index (χ2n) is 6.32. The standard InChI is InChI=1S/C19H21NO5/c1-12-5-7-16(13(2)10-12)24-11-14-6-8-17(25-14)18(21)20-9-3-4-15(20)19(22)23/h5-8,10,15H,3-4,9,11H2,1-2H3,(H,22,23)/t15-/m1/s1. The lowest BCUT2D eigenvalue weighted by molar-refractivity contribution is -0.141. The molecule has 0 unspecified atom stereocenters. The van der Waals surface area contributed by atoms with E-state index in [2.05, 4.69) is 0 Å². The lowest BCUT2D eigenvalue weighted by Gasteiger charge is -2.19. The van der Waals surface area contributed by atoms with Crippen molar-refractivity contribution in [2.45, 2.75) is 39.3 Å². The highest BCUT2D eigenvalue weighted by atomic mass is 16.5. The Labute approximate surface area is 146 Å². The van der Waals surface area contributed by atoms with Gasteiger partial charge in [0.2, 0.25) is 0 Å². The van der Waals surface area contributed by atoms with Crippen molar-refractivity contribution in [3.8, 4) is 5.75 Å². The molecule has 25 heavy (non-hydrogen) atoms. The summed E-state index contributed by atoms with van der Waals surface area (Å²) in [5.74, 6) is 0.0700. The van der Waals surface area contributed by atoms with Gasteiger partial charge >= 0.3 is 5.97 Å². The van der Waals surface area contributed by atoms with Gasteiger partial charge in [0, 0.05) is 6.54 Å². The smallest absolute Gasteiger partial charge is 0.326 e. The van der Waals surface area contributed by atoms with E-state index in [1.807, 2.05) is 32.0 Å². The summed E-state index contributed by atoms with van der Waals surface area (Å²) in [5, 5.41) is 9.20. The topological polar surface area (TPSA) is 80.0 Å². The van der Waals surface area contributed by atoms with Gasteiger partial charge in [-0.15, -0.1) is 0 Å². The van der Waals surface area contributed by atoms with Crippen LogP contribution in [0.2, 0.25) is 0 Å². The lowest BCUT2D eigenvalue weighted by Crippen LogP contribution is -2.40. The number of hydrogen-bond acceptors (Lipinski definition) is 4. The van der Waals surface area contributed by atoms with Crippen LogP contribution in [0.3, 0.4) is 0 Å². The first-order chi connectivity index (χ1) is 12.0. The molecule has 1 aliphatic heterocycles. The molecule has 2 aromatic rings. The third-order valence-electron chi connectivity index (χ3n) is 4.37. The molecule has 1 aromatic heterocycles. The number of likely N-dealkylation sites (tertiary alicyclic amines) is 1. The molecule has 1 atom stereocenters. The van der Waals surface area contributed by atoms with Crippen molar-refractivity contribution < 1.29 is 23.8 Å². The highest BCUT2D eigenvalue weighted by Crippen LogP contribution is 2.23. The maximum absolute atomic E-state index is 12.5. The molecule has 1 aliphatic rings. The summed E-state index contributed by atoms with van der Waals surface area (Å²) in [5.41, 5.74) is 2.19. The maximum atomic E-state index is 12.5. The van der Waals surface area contributed by atoms with E-state index in [0.29, 0.717) is 25.1 Å². The molecular formula is C19H21NO5. The molecule has 1 saturated heterocycles. The first-order valence-corrected chi connectivity index (χ1v) is 8.28. The number of furan rings is 1. The molecule has 0 spiro atoms. The molecule has 6 heteroatoms. The summed E-state index contributed by atoms with van der Waals surface area (Å²) in [6.07, 6.45) is 1.16. The van der Waals surface area contributed by atoms with Gasteiger partial charge in [-0.05, 0) is 50.5 Å². The molecule has 0 saturated carbocycles. The summed E-state index contributed by atoms with van der Waals surface area (Å²) in [7, 11) is 0. The van der Waals surface area contributed by atoms with E-state index < -0.39 is 12.0 Å². The first-order valence-electron chi connectivity index (χ1n) is 8.28. The first kappa shape index (κ1) is 17.1. The number of benzene rings is 1. The highest BCUT2D eigenvalue weighted by Gasteiger charge is 2.35. The molecule has 1 amide bonds. The number of rotatable bonds is 5. The van der Waals surface area contributed by atoms with Gasteiger partial charge in [-0.1, -0.05) is 17.7 Å². The van der Waals surface area contributed by atoms with Crippen LogP contribution in [0.1, 0.15) is 40.3 Å². The van der Waals surface area contributed by atoms with Crippen molar-refractivity contribution in [2.24, 2.45) is 0 Å². The monoisotopic (exact) mass is 343 g/mol. The Morgan fingerprint density at radius 2 is 2.08 bits per heavy atom. The predicted octanol–water partition coefficient (Wildman–Crippen LogP) is 3.16. The molecule has 0 bridgehead atoms. The van der Waals surface area contributed by atoms with Crippen molar-refractivity contribution in [2.75, 3.05) is 6.54 Å². The van der Waals surface area contributed by atoms with E-state index >= 15 is 0 Å².